The average molecular weight is 401 g/mol. The summed E-state index contributed by atoms with van der Waals surface area (Å²) >= 11 is 1.84. The van der Waals surface area contributed by atoms with Gasteiger partial charge < -0.3 is 4.90 Å². The third-order valence-corrected chi connectivity index (χ3v) is 6.90. The van der Waals surface area contributed by atoms with Gasteiger partial charge in [-0.15, -0.1) is 16.4 Å². The van der Waals surface area contributed by atoms with Gasteiger partial charge in [0.1, 0.15) is 5.82 Å². The van der Waals surface area contributed by atoms with E-state index in [2.05, 4.69) is 51.4 Å². The van der Waals surface area contributed by atoms with Crippen LogP contribution < -0.4 is 4.90 Å². The van der Waals surface area contributed by atoms with Crippen molar-refractivity contribution in [3.63, 3.8) is 0 Å². The molecular formula is C22H20N6S. The van der Waals surface area contributed by atoms with Gasteiger partial charge in [0.15, 0.2) is 5.65 Å². The van der Waals surface area contributed by atoms with Crippen molar-refractivity contribution in [1.82, 2.24) is 24.6 Å². The Kier molecular flexibility index (Phi) is 3.77. The van der Waals surface area contributed by atoms with Crippen molar-refractivity contribution in [2.45, 2.75) is 25.7 Å². The zero-order valence-electron chi connectivity index (χ0n) is 16.1. The standard InChI is InChI=1S/C22H20N6S/c1-14-23-20-16-6-2-3-7-17(16)25-22(28(20)26-14)27-12-10-15(11-13-27)21-24-18-8-4-5-9-19(18)29-21/h2-9,15H,10-13H2,1H3. The van der Waals surface area contributed by atoms with Crippen molar-refractivity contribution in [1.29, 1.82) is 0 Å². The fourth-order valence-corrected chi connectivity index (χ4v) is 5.38. The number of benzene rings is 2. The van der Waals surface area contributed by atoms with Crippen molar-refractivity contribution in [2.75, 3.05) is 18.0 Å². The number of rotatable bonds is 2. The van der Waals surface area contributed by atoms with Gasteiger partial charge in [-0.1, -0.05) is 24.3 Å². The Bertz CT molecular complexity index is 1310. The lowest BCUT2D eigenvalue weighted by Gasteiger charge is -2.31. The van der Waals surface area contributed by atoms with Crippen molar-refractivity contribution in [3.8, 4) is 0 Å². The molecule has 0 atom stereocenters. The molecule has 6 nitrogen and oxygen atoms in total. The number of nitrogens with zero attached hydrogens (tertiary/aromatic N) is 6. The predicted octanol–water partition coefficient (Wildman–Crippen LogP) is 4.58. The minimum absolute atomic E-state index is 0.511. The molecule has 1 aliphatic rings. The van der Waals surface area contributed by atoms with E-state index in [1.807, 2.05) is 34.9 Å². The summed E-state index contributed by atoms with van der Waals surface area (Å²) < 4.78 is 3.19. The second-order valence-corrected chi connectivity index (χ2v) is 8.67. The van der Waals surface area contributed by atoms with Crippen LogP contribution in [0.4, 0.5) is 5.95 Å². The molecule has 7 heteroatoms. The number of hydrogen-bond donors (Lipinski definition) is 0. The zero-order chi connectivity index (χ0) is 19.4. The van der Waals surface area contributed by atoms with Gasteiger partial charge in [0.05, 0.1) is 20.7 Å². The number of aryl methyl sites for hydroxylation is 1. The number of anilines is 1. The first-order chi connectivity index (χ1) is 14.3. The highest BCUT2D eigenvalue weighted by atomic mass is 32.1. The van der Waals surface area contributed by atoms with Gasteiger partial charge in [0.2, 0.25) is 5.95 Å². The van der Waals surface area contributed by atoms with Crippen LogP contribution in [0.15, 0.2) is 48.5 Å². The molecule has 1 fully saturated rings. The van der Waals surface area contributed by atoms with E-state index in [-0.39, 0.29) is 0 Å². The maximum atomic E-state index is 4.95. The Hall–Kier alpha value is -3.06. The topological polar surface area (TPSA) is 59.2 Å². The van der Waals surface area contributed by atoms with E-state index < -0.39 is 0 Å². The summed E-state index contributed by atoms with van der Waals surface area (Å²) in [6.07, 6.45) is 2.15. The summed E-state index contributed by atoms with van der Waals surface area (Å²) in [6, 6.07) is 16.6. The predicted molar refractivity (Wildman–Crippen MR) is 117 cm³/mol. The first-order valence-electron chi connectivity index (χ1n) is 9.99. The molecule has 0 N–H and O–H groups in total. The number of hydrogen-bond acceptors (Lipinski definition) is 6. The number of piperidine rings is 1. The molecule has 1 aliphatic heterocycles. The summed E-state index contributed by atoms with van der Waals surface area (Å²) in [5.41, 5.74) is 2.97. The molecule has 144 valence electrons. The molecule has 0 aliphatic carbocycles. The Balaban J connectivity index is 1.33. The highest BCUT2D eigenvalue weighted by Gasteiger charge is 2.26. The van der Waals surface area contributed by atoms with Gasteiger partial charge in [0, 0.05) is 24.4 Å². The molecule has 6 rings (SSSR count). The second-order valence-electron chi connectivity index (χ2n) is 7.60. The van der Waals surface area contributed by atoms with Crippen LogP contribution >= 0.6 is 11.3 Å². The van der Waals surface area contributed by atoms with Gasteiger partial charge >= 0.3 is 0 Å². The molecule has 0 spiro atoms. The van der Waals surface area contributed by atoms with Gasteiger partial charge in [-0.3, -0.25) is 0 Å². The van der Waals surface area contributed by atoms with Crippen molar-refractivity contribution < 1.29 is 0 Å². The summed E-state index contributed by atoms with van der Waals surface area (Å²) in [5.74, 6) is 2.17. The van der Waals surface area contributed by atoms with Crippen molar-refractivity contribution >= 4 is 44.1 Å². The molecule has 0 unspecified atom stereocenters. The molecule has 1 saturated heterocycles. The van der Waals surface area contributed by atoms with Crippen molar-refractivity contribution in [3.05, 3.63) is 59.4 Å². The van der Waals surface area contributed by atoms with E-state index in [0.29, 0.717) is 5.92 Å². The van der Waals surface area contributed by atoms with Crippen LogP contribution in [-0.4, -0.2) is 37.7 Å². The minimum Gasteiger partial charge on any atom is -0.341 e. The number of thiazole rings is 1. The Morgan fingerprint density at radius 2 is 1.66 bits per heavy atom. The van der Waals surface area contributed by atoms with E-state index in [9.17, 15) is 0 Å². The molecule has 0 amide bonds. The third-order valence-electron chi connectivity index (χ3n) is 5.71. The van der Waals surface area contributed by atoms with E-state index in [4.69, 9.17) is 9.97 Å². The Morgan fingerprint density at radius 3 is 2.48 bits per heavy atom. The summed E-state index contributed by atoms with van der Waals surface area (Å²) in [7, 11) is 0. The van der Waals surface area contributed by atoms with Gasteiger partial charge in [0.25, 0.3) is 0 Å². The summed E-state index contributed by atoms with van der Waals surface area (Å²) in [5, 5.41) is 6.94. The SMILES string of the molecule is Cc1nc2c3ccccc3nc(N3CCC(c4nc5ccccc5s4)CC3)n2n1. The normalized spacial score (nSPS) is 15.7. The molecule has 5 aromatic rings. The minimum atomic E-state index is 0.511. The van der Waals surface area contributed by atoms with Crippen molar-refractivity contribution in [2.24, 2.45) is 0 Å². The molecule has 2 aromatic carbocycles. The molecule has 3 aromatic heterocycles. The maximum absolute atomic E-state index is 4.95. The first-order valence-corrected chi connectivity index (χ1v) is 10.8. The van der Waals surface area contributed by atoms with Crippen LogP contribution in [0.25, 0.3) is 26.8 Å². The van der Waals surface area contributed by atoms with Gasteiger partial charge in [-0.25, -0.2) is 15.0 Å². The number of para-hydroxylation sites is 2. The Labute approximate surface area is 171 Å². The van der Waals surface area contributed by atoms with E-state index in [0.717, 1.165) is 59.8 Å². The highest BCUT2D eigenvalue weighted by Crippen LogP contribution is 2.35. The van der Waals surface area contributed by atoms with Crippen LogP contribution in [0.5, 0.6) is 0 Å². The maximum Gasteiger partial charge on any atom is 0.229 e. The number of fused-ring (bicyclic) bond motifs is 4. The molecule has 0 saturated carbocycles. The molecule has 0 radical (unpaired) electrons. The molecule has 4 heterocycles. The quantitative estimate of drug-likeness (QED) is 0.434. The van der Waals surface area contributed by atoms with Crippen LogP contribution in [0.1, 0.15) is 29.6 Å². The van der Waals surface area contributed by atoms with E-state index in [1.165, 1.54) is 9.71 Å². The van der Waals surface area contributed by atoms with Crippen LogP contribution in [0, 0.1) is 6.92 Å². The van der Waals surface area contributed by atoms with Crippen LogP contribution in [-0.2, 0) is 0 Å². The average Bonchev–Trinajstić information content (AvgIpc) is 3.36. The highest BCUT2D eigenvalue weighted by molar-refractivity contribution is 7.18. The van der Waals surface area contributed by atoms with Crippen LogP contribution in [0.3, 0.4) is 0 Å². The fourth-order valence-electron chi connectivity index (χ4n) is 4.24. The zero-order valence-corrected chi connectivity index (χ0v) is 16.9. The van der Waals surface area contributed by atoms with E-state index in [1.54, 1.807) is 0 Å². The third kappa shape index (κ3) is 2.76. The van der Waals surface area contributed by atoms with Gasteiger partial charge in [-0.05, 0) is 44.0 Å². The van der Waals surface area contributed by atoms with Crippen LogP contribution in [0.2, 0.25) is 0 Å². The molecular weight excluding hydrogens is 380 g/mol. The summed E-state index contributed by atoms with van der Waals surface area (Å²) in [6.45, 7) is 3.82. The Morgan fingerprint density at radius 1 is 0.897 bits per heavy atom. The fraction of sp³-hybridized carbons (Fsp3) is 0.273. The lowest BCUT2D eigenvalue weighted by molar-refractivity contribution is 0.495. The largest absolute Gasteiger partial charge is 0.341 e. The van der Waals surface area contributed by atoms with E-state index >= 15 is 0 Å². The second kappa shape index (κ2) is 6.49. The lowest BCUT2D eigenvalue weighted by atomic mass is 9.98. The monoisotopic (exact) mass is 400 g/mol. The smallest absolute Gasteiger partial charge is 0.229 e. The molecule has 29 heavy (non-hydrogen) atoms. The summed E-state index contributed by atoms with van der Waals surface area (Å²) in [4.78, 5) is 16.8. The lowest BCUT2D eigenvalue weighted by Crippen LogP contribution is -2.35. The molecule has 0 bridgehead atoms. The number of aromatic nitrogens is 5. The van der Waals surface area contributed by atoms with Gasteiger partial charge in [-0.2, -0.15) is 4.52 Å². The first kappa shape index (κ1) is 16.9.